The third-order valence-electron chi connectivity index (χ3n) is 4.45. The zero-order chi connectivity index (χ0) is 18.7. The van der Waals surface area contributed by atoms with Crippen molar-refractivity contribution < 1.29 is 19.5 Å². The van der Waals surface area contributed by atoms with E-state index in [2.05, 4.69) is 5.32 Å². The van der Waals surface area contributed by atoms with Crippen LogP contribution in [0.5, 0.6) is 0 Å². The van der Waals surface area contributed by atoms with Crippen LogP contribution in [-0.2, 0) is 9.59 Å². The van der Waals surface area contributed by atoms with Crippen LogP contribution in [0.4, 0.5) is 17.1 Å². The Labute approximate surface area is 151 Å². The number of carbonyl (C=O) groups excluding carboxylic acids is 2. The number of nitrogens with zero attached hydrogens (tertiary/aromatic N) is 1. The average Bonchev–Trinajstić information content (AvgIpc) is 2.75. The van der Waals surface area contributed by atoms with Crippen molar-refractivity contribution in [2.24, 2.45) is 5.92 Å². The fraction of sp³-hybridized carbons (Fsp3) is 0.250. The lowest BCUT2D eigenvalue weighted by Crippen LogP contribution is -2.37. The molecule has 2 aromatic rings. The summed E-state index contributed by atoms with van der Waals surface area (Å²) in [4.78, 5) is 38.9. The van der Waals surface area contributed by atoms with Crippen molar-refractivity contribution in [3.8, 4) is 0 Å². The largest absolute Gasteiger partial charge is 0.481 e. The SMILES string of the molecule is CCCCC(C(=O)O)C(=O)N1c2ccccc2NC(=O)c2ccccc21. The summed E-state index contributed by atoms with van der Waals surface area (Å²) in [5, 5.41) is 12.4. The van der Waals surface area contributed by atoms with Gasteiger partial charge in [-0.25, -0.2) is 0 Å². The van der Waals surface area contributed by atoms with Crippen LogP contribution in [-0.4, -0.2) is 22.9 Å². The number of fused-ring (bicyclic) bond motifs is 2. The van der Waals surface area contributed by atoms with Gasteiger partial charge in [-0.2, -0.15) is 0 Å². The van der Waals surface area contributed by atoms with Gasteiger partial charge < -0.3 is 10.4 Å². The zero-order valence-corrected chi connectivity index (χ0v) is 14.4. The van der Waals surface area contributed by atoms with Crippen molar-refractivity contribution in [3.05, 3.63) is 54.1 Å². The van der Waals surface area contributed by atoms with E-state index in [4.69, 9.17) is 0 Å². The van der Waals surface area contributed by atoms with E-state index in [9.17, 15) is 19.5 Å². The molecule has 0 aromatic heterocycles. The second-order valence-corrected chi connectivity index (χ2v) is 6.20. The Morgan fingerprint density at radius 3 is 2.42 bits per heavy atom. The third kappa shape index (κ3) is 3.18. The summed E-state index contributed by atoms with van der Waals surface area (Å²) in [6.07, 6.45) is 1.69. The number of amides is 2. The first-order valence-corrected chi connectivity index (χ1v) is 8.60. The molecule has 0 aliphatic carbocycles. The number of carboxylic acid groups (broad SMARTS) is 1. The second kappa shape index (κ2) is 7.39. The molecular weight excluding hydrogens is 332 g/mol. The number of unbranched alkanes of at least 4 members (excludes halogenated alkanes) is 1. The van der Waals surface area contributed by atoms with Crippen LogP contribution in [0.3, 0.4) is 0 Å². The smallest absolute Gasteiger partial charge is 0.316 e. The Morgan fingerprint density at radius 1 is 1.08 bits per heavy atom. The molecule has 6 heteroatoms. The second-order valence-electron chi connectivity index (χ2n) is 6.20. The normalized spacial score (nSPS) is 13.9. The summed E-state index contributed by atoms with van der Waals surface area (Å²) in [5.74, 6) is -3.18. The van der Waals surface area contributed by atoms with Crippen LogP contribution >= 0.6 is 0 Å². The molecule has 0 fully saturated rings. The Bertz CT molecular complexity index is 862. The molecule has 0 radical (unpaired) electrons. The maximum absolute atomic E-state index is 13.2. The van der Waals surface area contributed by atoms with Crippen LogP contribution in [0, 0.1) is 5.92 Å². The monoisotopic (exact) mass is 352 g/mol. The summed E-state index contributed by atoms with van der Waals surface area (Å²) in [7, 11) is 0. The Kier molecular flexibility index (Phi) is 5.02. The topological polar surface area (TPSA) is 86.7 Å². The molecule has 0 saturated carbocycles. The molecule has 1 aliphatic rings. The number of aliphatic carboxylic acids is 1. The van der Waals surface area contributed by atoms with Gasteiger partial charge in [-0.05, 0) is 30.7 Å². The molecule has 134 valence electrons. The van der Waals surface area contributed by atoms with Crippen molar-refractivity contribution >= 4 is 34.8 Å². The minimum atomic E-state index is -1.16. The van der Waals surface area contributed by atoms with Gasteiger partial charge in [-0.1, -0.05) is 44.0 Å². The molecule has 26 heavy (non-hydrogen) atoms. The van der Waals surface area contributed by atoms with E-state index >= 15 is 0 Å². The van der Waals surface area contributed by atoms with E-state index in [0.717, 1.165) is 6.42 Å². The molecule has 2 aromatic carbocycles. The molecule has 2 N–H and O–H groups in total. The van der Waals surface area contributed by atoms with Gasteiger partial charge in [0.25, 0.3) is 5.91 Å². The summed E-state index contributed by atoms with van der Waals surface area (Å²) >= 11 is 0. The average molecular weight is 352 g/mol. The molecular formula is C20H20N2O4. The minimum Gasteiger partial charge on any atom is -0.481 e. The van der Waals surface area contributed by atoms with Crippen LogP contribution in [0.1, 0.15) is 36.5 Å². The van der Waals surface area contributed by atoms with E-state index in [1.807, 2.05) is 6.92 Å². The van der Waals surface area contributed by atoms with E-state index in [0.29, 0.717) is 29.0 Å². The molecule has 3 rings (SSSR count). The van der Waals surface area contributed by atoms with E-state index < -0.39 is 17.8 Å². The maximum Gasteiger partial charge on any atom is 0.316 e. The Morgan fingerprint density at radius 2 is 1.73 bits per heavy atom. The maximum atomic E-state index is 13.2. The number of hydrogen-bond donors (Lipinski definition) is 2. The highest BCUT2D eigenvalue weighted by molar-refractivity contribution is 6.19. The predicted octanol–water partition coefficient (Wildman–Crippen LogP) is 3.81. The number of anilines is 3. The van der Waals surface area contributed by atoms with Gasteiger partial charge in [0.2, 0.25) is 5.91 Å². The lowest BCUT2D eigenvalue weighted by molar-refractivity contribution is -0.146. The Balaban J connectivity index is 2.15. The van der Waals surface area contributed by atoms with Crippen LogP contribution in [0.25, 0.3) is 0 Å². The molecule has 1 heterocycles. The summed E-state index contributed by atoms with van der Waals surface area (Å²) in [6.45, 7) is 1.95. The molecule has 2 amide bonds. The summed E-state index contributed by atoms with van der Waals surface area (Å²) in [5.41, 5.74) is 1.67. The standard InChI is InChI=1S/C20H20N2O4/c1-2-3-8-14(20(25)26)19(24)22-16-11-6-4-9-13(16)18(23)21-15-10-5-7-12-17(15)22/h4-7,9-12,14H,2-3,8H2,1H3,(H,21,23)(H,25,26). The number of para-hydroxylation sites is 3. The van der Waals surface area contributed by atoms with E-state index in [1.54, 1.807) is 48.5 Å². The van der Waals surface area contributed by atoms with Gasteiger partial charge in [-0.3, -0.25) is 19.3 Å². The van der Waals surface area contributed by atoms with Crippen LogP contribution in [0.15, 0.2) is 48.5 Å². The van der Waals surface area contributed by atoms with Gasteiger partial charge in [0.1, 0.15) is 5.92 Å². The van der Waals surface area contributed by atoms with Gasteiger partial charge in [0.15, 0.2) is 0 Å². The van der Waals surface area contributed by atoms with E-state index in [-0.39, 0.29) is 12.3 Å². The highest BCUT2D eigenvalue weighted by atomic mass is 16.4. The lowest BCUT2D eigenvalue weighted by Gasteiger charge is -2.26. The highest BCUT2D eigenvalue weighted by Crippen LogP contribution is 2.39. The molecule has 1 aliphatic heterocycles. The van der Waals surface area contributed by atoms with Crippen molar-refractivity contribution in [1.82, 2.24) is 0 Å². The third-order valence-corrected chi connectivity index (χ3v) is 4.45. The van der Waals surface area contributed by atoms with Crippen molar-refractivity contribution in [2.45, 2.75) is 26.2 Å². The molecule has 0 saturated heterocycles. The number of nitrogens with one attached hydrogen (secondary N) is 1. The minimum absolute atomic E-state index is 0.257. The number of carbonyl (C=O) groups is 3. The van der Waals surface area contributed by atoms with Crippen molar-refractivity contribution in [1.29, 1.82) is 0 Å². The number of rotatable bonds is 5. The highest BCUT2D eigenvalue weighted by Gasteiger charge is 2.35. The van der Waals surface area contributed by atoms with Crippen LogP contribution < -0.4 is 10.2 Å². The summed E-state index contributed by atoms with van der Waals surface area (Å²) in [6, 6.07) is 13.6. The first-order valence-electron chi connectivity index (χ1n) is 8.60. The lowest BCUT2D eigenvalue weighted by atomic mass is 9.99. The van der Waals surface area contributed by atoms with Crippen molar-refractivity contribution in [2.75, 3.05) is 10.2 Å². The molecule has 1 atom stereocenters. The quantitative estimate of drug-likeness (QED) is 0.801. The molecule has 6 nitrogen and oxygen atoms in total. The summed E-state index contributed by atoms with van der Waals surface area (Å²) < 4.78 is 0. The fourth-order valence-electron chi connectivity index (χ4n) is 3.11. The Hall–Kier alpha value is -3.15. The van der Waals surface area contributed by atoms with Crippen molar-refractivity contribution in [3.63, 3.8) is 0 Å². The number of benzene rings is 2. The number of carboxylic acids is 1. The van der Waals surface area contributed by atoms with Gasteiger partial charge >= 0.3 is 5.97 Å². The first-order chi connectivity index (χ1) is 12.5. The van der Waals surface area contributed by atoms with Crippen LogP contribution in [0.2, 0.25) is 0 Å². The zero-order valence-electron chi connectivity index (χ0n) is 14.4. The fourth-order valence-corrected chi connectivity index (χ4v) is 3.11. The van der Waals surface area contributed by atoms with Gasteiger partial charge in [0.05, 0.1) is 22.6 Å². The predicted molar refractivity (Wildman–Crippen MR) is 98.6 cm³/mol. The van der Waals surface area contributed by atoms with Gasteiger partial charge in [-0.15, -0.1) is 0 Å². The first kappa shape index (κ1) is 17.7. The molecule has 1 unspecified atom stereocenters. The molecule has 0 spiro atoms. The van der Waals surface area contributed by atoms with Gasteiger partial charge in [0, 0.05) is 0 Å². The van der Waals surface area contributed by atoms with E-state index in [1.165, 1.54) is 4.90 Å². The molecule has 0 bridgehead atoms. The number of hydrogen-bond acceptors (Lipinski definition) is 3.